The predicted molar refractivity (Wildman–Crippen MR) is 77.7 cm³/mol. The number of nitrogens with zero attached hydrogens (tertiary/aromatic N) is 3. The SMILES string of the molecule is CN(C)c1ccc(NC(=O)c2ccc(C#N)cn2)cc1. The highest BCUT2D eigenvalue weighted by Crippen LogP contribution is 2.16. The fourth-order valence-corrected chi connectivity index (χ4v) is 1.63. The first kappa shape index (κ1) is 13.6. The third-order valence-corrected chi connectivity index (χ3v) is 2.77. The van der Waals surface area contributed by atoms with Crippen LogP contribution in [0.5, 0.6) is 0 Å². The van der Waals surface area contributed by atoms with Gasteiger partial charge in [-0.2, -0.15) is 5.26 Å². The predicted octanol–water partition coefficient (Wildman–Crippen LogP) is 2.27. The molecule has 1 N–H and O–H groups in total. The Morgan fingerprint density at radius 3 is 2.40 bits per heavy atom. The zero-order valence-electron chi connectivity index (χ0n) is 11.3. The summed E-state index contributed by atoms with van der Waals surface area (Å²) in [5, 5.41) is 11.4. The van der Waals surface area contributed by atoms with E-state index in [0.29, 0.717) is 11.3 Å². The standard InChI is InChI=1S/C15H14N4O/c1-19(2)13-6-4-12(5-7-13)18-15(20)14-8-3-11(9-16)10-17-14/h3-8,10H,1-2H3,(H,18,20). The number of rotatable bonds is 3. The minimum absolute atomic E-state index is 0.278. The molecule has 0 saturated carbocycles. The highest BCUT2D eigenvalue weighted by molar-refractivity contribution is 6.02. The molecule has 1 aromatic heterocycles. The number of hydrogen-bond acceptors (Lipinski definition) is 4. The van der Waals surface area contributed by atoms with Crippen LogP contribution in [0.25, 0.3) is 0 Å². The van der Waals surface area contributed by atoms with Crippen LogP contribution in [-0.2, 0) is 0 Å². The summed E-state index contributed by atoms with van der Waals surface area (Å²) in [6.07, 6.45) is 1.38. The highest BCUT2D eigenvalue weighted by atomic mass is 16.1. The average Bonchev–Trinajstić information content (AvgIpc) is 2.48. The molecule has 0 atom stereocenters. The largest absolute Gasteiger partial charge is 0.378 e. The summed E-state index contributed by atoms with van der Waals surface area (Å²) in [5.74, 6) is -0.299. The van der Waals surface area contributed by atoms with Crippen molar-refractivity contribution >= 4 is 17.3 Å². The molecule has 0 fully saturated rings. The third kappa shape index (κ3) is 3.12. The zero-order valence-corrected chi connectivity index (χ0v) is 11.3. The molecule has 100 valence electrons. The number of hydrogen-bond donors (Lipinski definition) is 1. The van der Waals surface area contributed by atoms with Crippen molar-refractivity contribution in [1.82, 2.24) is 4.98 Å². The molecule has 0 spiro atoms. The van der Waals surface area contributed by atoms with Gasteiger partial charge in [0, 0.05) is 31.7 Å². The molecular formula is C15H14N4O. The maximum atomic E-state index is 12.0. The maximum Gasteiger partial charge on any atom is 0.274 e. The number of amides is 1. The molecule has 1 aromatic carbocycles. The topological polar surface area (TPSA) is 69.0 Å². The van der Waals surface area contributed by atoms with E-state index < -0.39 is 0 Å². The van der Waals surface area contributed by atoms with Crippen molar-refractivity contribution in [3.8, 4) is 6.07 Å². The Morgan fingerprint density at radius 1 is 1.20 bits per heavy atom. The van der Waals surface area contributed by atoms with E-state index >= 15 is 0 Å². The fourth-order valence-electron chi connectivity index (χ4n) is 1.63. The molecule has 1 heterocycles. The van der Waals surface area contributed by atoms with Gasteiger partial charge < -0.3 is 10.2 Å². The summed E-state index contributed by atoms with van der Waals surface area (Å²) < 4.78 is 0. The number of nitriles is 1. The molecule has 20 heavy (non-hydrogen) atoms. The molecule has 2 rings (SSSR count). The number of pyridine rings is 1. The number of benzene rings is 1. The molecular weight excluding hydrogens is 252 g/mol. The Balaban J connectivity index is 2.09. The maximum absolute atomic E-state index is 12.0. The lowest BCUT2D eigenvalue weighted by Gasteiger charge is -2.12. The summed E-state index contributed by atoms with van der Waals surface area (Å²) in [5.41, 5.74) is 2.46. The molecule has 0 radical (unpaired) electrons. The van der Waals surface area contributed by atoms with Gasteiger partial charge in [-0.15, -0.1) is 0 Å². The molecule has 0 aliphatic rings. The normalized spacial score (nSPS) is 9.65. The molecule has 0 aliphatic carbocycles. The van der Waals surface area contributed by atoms with Crippen LogP contribution in [0.2, 0.25) is 0 Å². The summed E-state index contributed by atoms with van der Waals surface area (Å²) in [4.78, 5) is 17.9. The summed E-state index contributed by atoms with van der Waals surface area (Å²) in [7, 11) is 3.91. The molecule has 0 unspecified atom stereocenters. The van der Waals surface area contributed by atoms with Gasteiger partial charge in [0.05, 0.1) is 5.56 Å². The van der Waals surface area contributed by atoms with Gasteiger partial charge in [0.1, 0.15) is 11.8 Å². The lowest BCUT2D eigenvalue weighted by Crippen LogP contribution is -2.14. The number of carbonyl (C=O) groups is 1. The second kappa shape index (κ2) is 5.85. The monoisotopic (exact) mass is 266 g/mol. The van der Waals surface area contributed by atoms with Crippen LogP contribution in [0.3, 0.4) is 0 Å². The van der Waals surface area contributed by atoms with Crippen LogP contribution in [0.1, 0.15) is 16.1 Å². The van der Waals surface area contributed by atoms with Gasteiger partial charge in [0.25, 0.3) is 5.91 Å². The van der Waals surface area contributed by atoms with Crippen LogP contribution in [0.15, 0.2) is 42.6 Å². The Kier molecular flexibility index (Phi) is 3.96. The van der Waals surface area contributed by atoms with E-state index in [1.807, 2.05) is 49.3 Å². The molecule has 0 aliphatic heterocycles. The van der Waals surface area contributed by atoms with Gasteiger partial charge in [-0.3, -0.25) is 4.79 Å². The first-order valence-corrected chi connectivity index (χ1v) is 6.05. The van der Waals surface area contributed by atoms with E-state index in [1.165, 1.54) is 12.3 Å². The van der Waals surface area contributed by atoms with Crippen molar-refractivity contribution in [1.29, 1.82) is 5.26 Å². The molecule has 5 heteroatoms. The fraction of sp³-hybridized carbons (Fsp3) is 0.133. The van der Waals surface area contributed by atoms with Gasteiger partial charge >= 0.3 is 0 Å². The zero-order chi connectivity index (χ0) is 14.5. The number of anilines is 2. The van der Waals surface area contributed by atoms with Gasteiger partial charge in [-0.05, 0) is 36.4 Å². The van der Waals surface area contributed by atoms with Gasteiger partial charge in [0.15, 0.2) is 0 Å². The van der Waals surface area contributed by atoms with Crippen molar-refractivity contribution in [2.45, 2.75) is 0 Å². The van der Waals surface area contributed by atoms with E-state index in [1.54, 1.807) is 6.07 Å². The van der Waals surface area contributed by atoms with Crippen molar-refractivity contribution in [3.63, 3.8) is 0 Å². The second-order valence-electron chi connectivity index (χ2n) is 4.44. The van der Waals surface area contributed by atoms with Gasteiger partial charge in [-0.25, -0.2) is 4.98 Å². The van der Waals surface area contributed by atoms with E-state index in [0.717, 1.165) is 5.69 Å². The molecule has 2 aromatic rings. The molecule has 0 bridgehead atoms. The Morgan fingerprint density at radius 2 is 1.90 bits per heavy atom. The Hall–Kier alpha value is -2.87. The van der Waals surface area contributed by atoms with E-state index in [2.05, 4.69) is 10.3 Å². The average molecular weight is 266 g/mol. The summed E-state index contributed by atoms with van der Waals surface area (Å²) in [6.45, 7) is 0. The number of aromatic nitrogens is 1. The second-order valence-corrected chi connectivity index (χ2v) is 4.44. The van der Waals surface area contributed by atoms with Crippen LogP contribution >= 0.6 is 0 Å². The minimum Gasteiger partial charge on any atom is -0.378 e. The van der Waals surface area contributed by atoms with Crippen molar-refractivity contribution in [2.75, 3.05) is 24.3 Å². The number of carbonyl (C=O) groups excluding carboxylic acids is 1. The number of nitrogens with one attached hydrogen (secondary N) is 1. The molecule has 5 nitrogen and oxygen atoms in total. The lowest BCUT2D eigenvalue weighted by molar-refractivity contribution is 0.102. The first-order chi connectivity index (χ1) is 9.60. The van der Waals surface area contributed by atoms with Gasteiger partial charge in [0.2, 0.25) is 0 Å². The third-order valence-electron chi connectivity index (χ3n) is 2.77. The smallest absolute Gasteiger partial charge is 0.274 e. The van der Waals surface area contributed by atoms with E-state index in [9.17, 15) is 4.79 Å². The Bertz CT molecular complexity index is 639. The summed E-state index contributed by atoms with van der Waals surface area (Å²) in [6, 6.07) is 12.6. The van der Waals surface area contributed by atoms with E-state index in [4.69, 9.17) is 5.26 Å². The minimum atomic E-state index is -0.299. The van der Waals surface area contributed by atoms with Crippen LogP contribution < -0.4 is 10.2 Å². The van der Waals surface area contributed by atoms with Crippen molar-refractivity contribution in [2.24, 2.45) is 0 Å². The lowest BCUT2D eigenvalue weighted by atomic mass is 10.2. The first-order valence-electron chi connectivity index (χ1n) is 6.05. The van der Waals surface area contributed by atoms with Crippen LogP contribution in [0, 0.1) is 11.3 Å². The molecule has 1 amide bonds. The van der Waals surface area contributed by atoms with Crippen molar-refractivity contribution in [3.05, 3.63) is 53.9 Å². The molecule has 0 saturated heterocycles. The van der Waals surface area contributed by atoms with Crippen LogP contribution in [0.4, 0.5) is 11.4 Å². The summed E-state index contributed by atoms with van der Waals surface area (Å²) >= 11 is 0. The highest BCUT2D eigenvalue weighted by Gasteiger charge is 2.07. The van der Waals surface area contributed by atoms with Gasteiger partial charge in [-0.1, -0.05) is 0 Å². The van der Waals surface area contributed by atoms with Crippen LogP contribution in [-0.4, -0.2) is 25.0 Å². The quantitative estimate of drug-likeness (QED) is 0.925. The van der Waals surface area contributed by atoms with E-state index in [-0.39, 0.29) is 11.6 Å². The van der Waals surface area contributed by atoms with Crippen molar-refractivity contribution < 1.29 is 4.79 Å². The Labute approximate surface area is 117 Å².